The Bertz CT molecular complexity index is 134. The lowest BCUT2D eigenvalue weighted by atomic mass is 10.1. The second-order valence-electron chi connectivity index (χ2n) is 2.38. The molecule has 0 atom stereocenters. The van der Waals surface area contributed by atoms with Gasteiger partial charge < -0.3 is 15.8 Å². The fourth-order valence-corrected chi connectivity index (χ4v) is 0.735. The van der Waals surface area contributed by atoms with Gasteiger partial charge in [0.15, 0.2) is 5.67 Å². The van der Waals surface area contributed by atoms with Crippen molar-refractivity contribution in [2.24, 2.45) is 5.73 Å². The standard InChI is InChI=1S/C6H11FN2O/c7-6(4-10-5-6)3-9-2-1-8/h1-2,9H,3-5,8H2/b2-1+. The van der Waals surface area contributed by atoms with E-state index in [-0.39, 0.29) is 19.8 Å². The van der Waals surface area contributed by atoms with Gasteiger partial charge in [0.2, 0.25) is 0 Å². The van der Waals surface area contributed by atoms with Crippen molar-refractivity contribution in [1.29, 1.82) is 0 Å². The summed E-state index contributed by atoms with van der Waals surface area (Å²) in [6, 6.07) is 0. The second kappa shape index (κ2) is 2.88. The monoisotopic (exact) mass is 146 g/mol. The molecule has 1 aliphatic heterocycles. The van der Waals surface area contributed by atoms with E-state index in [1.807, 2.05) is 0 Å². The van der Waals surface area contributed by atoms with E-state index >= 15 is 0 Å². The van der Waals surface area contributed by atoms with Crippen molar-refractivity contribution in [3.8, 4) is 0 Å². The maximum atomic E-state index is 13.0. The van der Waals surface area contributed by atoms with Gasteiger partial charge in [0.25, 0.3) is 0 Å². The van der Waals surface area contributed by atoms with Crippen molar-refractivity contribution in [3.05, 3.63) is 12.4 Å². The maximum absolute atomic E-state index is 13.0. The molecule has 0 aromatic carbocycles. The highest BCUT2D eigenvalue weighted by Gasteiger charge is 2.38. The highest BCUT2D eigenvalue weighted by molar-refractivity contribution is 4.90. The smallest absolute Gasteiger partial charge is 0.174 e. The van der Waals surface area contributed by atoms with Crippen LogP contribution in [0.15, 0.2) is 12.4 Å². The Kier molecular flexibility index (Phi) is 2.11. The number of hydrogen-bond acceptors (Lipinski definition) is 3. The molecular weight excluding hydrogens is 135 g/mol. The van der Waals surface area contributed by atoms with E-state index in [0.29, 0.717) is 0 Å². The average molecular weight is 146 g/mol. The van der Waals surface area contributed by atoms with Crippen LogP contribution in [0.25, 0.3) is 0 Å². The predicted molar refractivity (Wildman–Crippen MR) is 36.0 cm³/mol. The lowest BCUT2D eigenvalue weighted by molar-refractivity contribution is -0.125. The van der Waals surface area contributed by atoms with Crippen molar-refractivity contribution in [2.45, 2.75) is 5.67 Å². The molecule has 58 valence electrons. The van der Waals surface area contributed by atoms with Crippen LogP contribution in [0.5, 0.6) is 0 Å². The molecule has 0 saturated carbocycles. The number of halogens is 1. The third-order valence-corrected chi connectivity index (χ3v) is 1.35. The molecule has 0 bridgehead atoms. The molecule has 0 amide bonds. The van der Waals surface area contributed by atoms with Crippen LogP contribution in [-0.2, 0) is 4.74 Å². The third-order valence-electron chi connectivity index (χ3n) is 1.35. The van der Waals surface area contributed by atoms with E-state index in [9.17, 15) is 4.39 Å². The van der Waals surface area contributed by atoms with Crippen molar-refractivity contribution < 1.29 is 9.13 Å². The maximum Gasteiger partial charge on any atom is 0.174 e. The summed E-state index contributed by atoms with van der Waals surface area (Å²) in [6.45, 7) is 0.664. The molecule has 3 nitrogen and oxygen atoms in total. The van der Waals surface area contributed by atoms with Gasteiger partial charge in [0.1, 0.15) is 0 Å². The SMILES string of the molecule is N/C=C/NCC1(F)COC1. The molecule has 0 aromatic heterocycles. The number of nitrogens with one attached hydrogen (secondary N) is 1. The van der Waals surface area contributed by atoms with Crippen LogP contribution in [0.2, 0.25) is 0 Å². The first-order valence-corrected chi connectivity index (χ1v) is 3.14. The summed E-state index contributed by atoms with van der Waals surface area (Å²) < 4.78 is 17.7. The van der Waals surface area contributed by atoms with Crippen molar-refractivity contribution in [2.75, 3.05) is 19.8 Å². The van der Waals surface area contributed by atoms with Crippen LogP contribution in [0.1, 0.15) is 0 Å². The van der Waals surface area contributed by atoms with Gasteiger partial charge in [-0.2, -0.15) is 0 Å². The highest BCUT2D eigenvalue weighted by Crippen LogP contribution is 2.20. The highest BCUT2D eigenvalue weighted by atomic mass is 19.1. The summed E-state index contributed by atoms with van der Waals surface area (Å²) >= 11 is 0. The Morgan fingerprint density at radius 2 is 2.40 bits per heavy atom. The molecular formula is C6H11FN2O. The minimum atomic E-state index is -1.17. The molecule has 1 rings (SSSR count). The van der Waals surface area contributed by atoms with Crippen LogP contribution in [-0.4, -0.2) is 25.4 Å². The molecule has 1 fully saturated rings. The van der Waals surface area contributed by atoms with Crippen LogP contribution in [0.4, 0.5) is 4.39 Å². The Morgan fingerprint density at radius 1 is 1.70 bits per heavy atom. The Balaban J connectivity index is 2.12. The predicted octanol–water partition coefficient (Wildman–Crippen LogP) is -0.256. The molecule has 1 heterocycles. The fraction of sp³-hybridized carbons (Fsp3) is 0.667. The van der Waals surface area contributed by atoms with Crippen LogP contribution in [0.3, 0.4) is 0 Å². The molecule has 0 radical (unpaired) electrons. The molecule has 3 N–H and O–H groups in total. The molecule has 0 aliphatic carbocycles. The fourth-order valence-electron chi connectivity index (χ4n) is 0.735. The zero-order chi connectivity index (χ0) is 7.45. The number of rotatable bonds is 3. The van der Waals surface area contributed by atoms with Crippen molar-refractivity contribution in [3.63, 3.8) is 0 Å². The van der Waals surface area contributed by atoms with Gasteiger partial charge in [-0.3, -0.25) is 0 Å². The number of alkyl halides is 1. The van der Waals surface area contributed by atoms with Gasteiger partial charge in [-0.1, -0.05) is 0 Å². The van der Waals surface area contributed by atoms with Crippen LogP contribution < -0.4 is 11.1 Å². The quantitative estimate of drug-likeness (QED) is 0.577. The molecule has 10 heavy (non-hydrogen) atoms. The summed E-state index contributed by atoms with van der Waals surface area (Å²) in [5.41, 5.74) is 3.85. The van der Waals surface area contributed by atoms with E-state index in [4.69, 9.17) is 10.5 Å². The van der Waals surface area contributed by atoms with E-state index < -0.39 is 5.67 Å². The zero-order valence-electron chi connectivity index (χ0n) is 5.64. The van der Waals surface area contributed by atoms with Crippen molar-refractivity contribution in [1.82, 2.24) is 5.32 Å². The summed E-state index contributed by atoms with van der Waals surface area (Å²) in [5.74, 6) is 0. The van der Waals surface area contributed by atoms with Gasteiger partial charge in [0.05, 0.1) is 19.8 Å². The lowest BCUT2D eigenvalue weighted by Crippen LogP contribution is -2.51. The van der Waals surface area contributed by atoms with E-state index in [1.165, 1.54) is 12.4 Å². The first-order chi connectivity index (χ1) is 4.77. The largest absolute Gasteiger partial charge is 0.403 e. The zero-order valence-corrected chi connectivity index (χ0v) is 5.64. The van der Waals surface area contributed by atoms with Crippen molar-refractivity contribution >= 4 is 0 Å². The topological polar surface area (TPSA) is 47.3 Å². The van der Waals surface area contributed by atoms with Crippen LogP contribution >= 0.6 is 0 Å². The molecule has 0 spiro atoms. The van der Waals surface area contributed by atoms with E-state index in [1.54, 1.807) is 0 Å². The summed E-state index contributed by atoms with van der Waals surface area (Å²) in [6.07, 6.45) is 2.85. The molecule has 1 saturated heterocycles. The Hall–Kier alpha value is -0.770. The number of hydrogen-bond donors (Lipinski definition) is 2. The third kappa shape index (κ3) is 1.60. The minimum Gasteiger partial charge on any atom is -0.403 e. The van der Waals surface area contributed by atoms with Gasteiger partial charge >= 0.3 is 0 Å². The summed E-state index contributed by atoms with van der Waals surface area (Å²) in [7, 11) is 0. The van der Waals surface area contributed by atoms with E-state index in [0.717, 1.165) is 0 Å². The molecule has 1 aliphatic rings. The number of nitrogens with two attached hydrogens (primary N) is 1. The molecule has 4 heteroatoms. The second-order valence-corrected chi connectivity index (χ2v) is 2.38. The average Bonchev–Trinajstić information content (AvgIpc) is 1.85. The van der Waals surface area contributed by atoms with E-state index in [2.05, 4.69) is 5.32 Å². The lowest BCUT2D eigenvalue weighted by Gasteiger charge is -2.33. The minimum absolute atomic E-state index is 0.193. The Morgan fingerprint density at radius 3 is 2.80 bits per heavy atom. The summed E-state index contributed by atoms with van der Waals surface area (Å²) in [5, 5.41) is 2.72. The number of ether oxygens (including phenoxy) is 1. The van der Waals surface area contributed by atoms with Gasteiger partial charge in [0, 0.05) is 12.4 Å². The Labute approximate surface area is 59.0 Å². The molecule has 0 unspecified atom stereocenters. The molecule has 0 aromatic rings. The van der Waals surface area contributed by atoms with Gasteiger partial charge in [-0.25, -0.2) is 4.39 Å². The first-order valence-electron chi connectivity index (χ1n) is 3.14. The van der Waals surface area contributed by atoms with Gasteiger partial charge in [-0.15, -0.1) is 0 Å². The van der Waals surface area contributed by atoms with Gasteiger partial charge in [-0.05, 0) is 0 Å². The normalized spacial score (nSPS) is 22.5. The summed E-state index contributed by atoms with van der Waals surface area (Å²) in [4.78, 5) is 0. The van der Waals surface area contributed by atoms with Crippen LogP contribution in [0, 0.1) is 0 Å². The first kappa shape index (κ1) is 7.34.